The summed E-state index contributed by atoms with van der Waals surface area (Å²) in [5.41, 5.74) is 17.2. The van der Waals surface area contributed by atoms with E-state index in [1.165, 1.54) is 76.5 Å². The second kappa shape index (κ2) is 16.6. The molecule has 362 valence electrons. The summed E-state index contributed by atoms with van der Waals surface area (Å²) in [4.78, 5) is 4.84. The third-order valence-electron chi connectivity index (χ3n) is 16.5. The van der Waals surface area contributed by atoms with Crippen LogP contribution < -0.4 is 9.80 Å². The van der Waals surface area contributed by atoms with Gasteiger partial charge in [-0.15, -0.1) is 0 Å². The summed E-state index contributed by atoms with van der Waals surface area (Å²) in [5.74, 6) is 0. The molecule has 0 saturated carbocycles. The van der Waals surface area contributed by atoms with Crippen LogP contribution in [0.2, 0.25) is 0 Å². The van der Waals surface area contributed by atoms with Gasteiger partial charge in [0.2, 0.25) is 0 Å². The van der Waals surface area contributed by atoms with Crippen molar-refractivity contribution >= 4 is 121 Å². The minimum absolute atomic E-state index is 0.378. The molecule has 16 rings (SSSR count). The second-order valence-corrected chi connectivity index (χ2v) is 21.2. The van der Waals surface area contributed by atoms with Crippen LogP contribution in [-0.4, -0.2) is 0 Å². The van der Waals surface area contributed by atoms with Crippen LogP contribution in [0.15, 0.2) is 264 Å². The highest BCUT2D eigenvalue weighted by Crippen LogP contribution is 2.56. The van der Waals surface area contributed by atoms with Gasteiger partial charge in [-0.2, -0.15) is 0 Å². The molecule has 0 atom stereocenters. The van der Waals surface area contributed by atoms with E-state index >= 15 is 0 Å². The quantitative estimate of drug-likeness (QED) is 0.149. The maximum absolute atomic E-state index is 6.37. The van der Waals surface area contributed by atoms with Crippen molar-refractivity contribution in [2.75, 3.05) is 9.80 Å². The first-order valence-corrected chi connectivity index (χ1v) is 26.6. The Kier molecular flexibility index (Phi) is 9.35. The van der Waals surface area contributed by atoms with Gasteiger partial charge >= 0.3 is 0 Å². The molecule has 0 radical (unpaired) electrons. The largest absolute Gasteiger partial charge is 0.456 e. The minimum atomic E-state index is -0.378. The standard InChI is InChI=1S/C73H48N2O2/c1-73(2)64-24-14-23-58-61-41-52(74(50-29-27-45-15-6-8-19-48(45)39-50)53-33-37-68-62(42-53)56-21-10-12-25-66(56)76-68)31-35-59(61)70(47-17-4-3-5-18-47)72(71(58)64)60-36-32-55(44-65(60)73)75(51-30-28-46-16-7-9-20-49(46)40-51)54-34-38-69-63(43-54)57-22-11-13-26-67(57)77-69/h3-44H,1-2H3. The van der Waals surface area contributed by atoms with Gasteiger partial charge in [-0.1, -0.05) is 172 Å². The second-order valence-electron chi connectivity index (χ2n) is 21.2. The first-order valence-electron chi connectivity index (χ1n) is 26.6. The molecule has 77 heavy (non-hydrogen) atoms. The fourth-order valence-electron chi connectivity index (χ4n) is 12.9. The van der Waals surface area contributed by atoms with E-state index in [1.54, 1.807) is 0 Å². The Labute approximate surface area is 444 Å². The van der Waals surface area contributed by atoms with Crippen LogP contribution in [0.4, 0.5) is 34.1 Å². The van der Waals surface area contributed by atoms with Gasteiger partial charge in [-0.25, -0.2) is 0 Å². The third-order valence-corrected chi connectivity index (χ3v) is 16.5. The highest BCUT2D eigenvalue weighted by Gasteiger charge is 2.37. The number of para-hydroxylation sites is 2. The van der Waals surface area contributed by atoms with Crippen molar-refractivity contribution in [3.05, 3.63) is 266 Å². The summed E-state index contributed by atoms with van der Waals surface area (Å²) in [6.45, 7) is 4.83. The molecule has 4 heteroatoms. The van der Waals surface area contributed by atoms with Crippen LogP contribution >= 0.6 is 0 Å². The van der Waals surface area contributed by atoms with Gasteiger partial charge in [-0.05, 0) is 174 Å². The van der Waals surface area contributed by atoms with Crippen molar-refractivity contribution < 1.29 is 8.83 Å². The molecule has 0 bridgehead atoms. The van der Waals surface area contributed by atoms with Gasteiger partial charge in [0.25, 0.3) is 0 Å². The number of anilines is 6. The van der Waals surface area contributed by atoms with Crippen molar-refractivity contribution in [1.29, 1.82) is 0 Å². The van der Waals surface area contributed by atoms with Gasteiger partial charge in [0.15, 0.2) is 0 Å². The Morgan fingerprint density at radius 2 is 0.740 bits per heavy atom. The van der Waals surface area contributed by atoms with E-state index in [1.807, 2.05) is 12.1 Å². The molecular weight excluding hydrogens is 937 g/mol. The summed E-state index contributed by atoms with van der Waals surface area (Å²) in [6, 6.07) is 93.2. The lowest BCUT2D eigenvalue weighted by atomic mass is 9.66. The Balaban J connectivity index is 0.929. The average Bonchev–Trinajstić information content (AvgIpc) is 4.20. The molecule has 1 aliphatic carbocycles. The van der Waals surface area contributed by atoms with Crippen LogP contribution in [0.25, 0.3) is 109 Å². The van der Waals surface area contributed by atoms with E-state index in [0.717, 1.165) is 78.0 Å². The van der Waals surface area contributed by atoms with Crippen molar-refractivity contribution in [3.8, 4) is 22.3 Å². The molecule has 0 amide bonds. The smallest absolute Gasteiger partial charge is 0.135 e. The summed E-state index contributed by atoms with van der Waals surface area (Å²) >= 11 is 0. The summed E-state index contributed by atoms with van der Waals surface area (Å²) in [6.07, 6.45) is 0. The first kappa shape index (κ1) is 43.5. The Morgan fingerprint density at radius 1 is 0.286 bits per heavy atom. The van der Waals surface area contributed by atoms with E-state index in [9.17, 15) is 0 Å². The van der Waals surface area contributed by atoms with Crippen LogP contribution in [0.1, 0.15) is 25.0 Å². The number of hydrogen-bond donors (Lipinski definition) is 0. The van der Waals surface area contributed by atoms with Crippen molar-refractivity contribution in [3.63, 3.8) is 0 Å². The Hall–Kier alpha value is -9.90. The summed E-state index contributed by atoms with van der Waals surface area (Å²) in [7, 11) is 0. The molecule has 4 nitrogen and oxygen atoms in total. The third kappa shape index (κ3) is 6.65. The fraction of sp³-hybridized carbons (Fsp3) is 0.0411. The maximum atomic E-state index is 6.37. The molecule has 2 heterocycles. The molecule has 15 aromatic rings. The molecule has 1 aliphatic rings. The van der Waals surface area contributed by atoms with Crippen molar-refractivity contribution in [2.45, 2.75) is 19.3 Å². The summed E-state index contributed by atoms with van der Waals surface area (Å²) < 4.78 is 12.7. The molecule has 0 aliphatic heterocycles. The first-order chi connectivity index (χ1) is 37.9. The molecule has 0 N–H and O–H groups in total. The summed E-state index contributed by atoms with van der Waals surface area (Å²) in [5, 5.41) is 14.2. The number of hydrogen-bond acceptors (Lipinski definition) is 4. The van der Waals surface area contributed by atoms with Gasteiger partial charge in [0.05, 0.1) is 0 Å². The fourth-order valence-corrected chi connectivity index (χ4v) is 12.9. The van der Waals surface area contributed by atoms with Crippen LogP contribution in [-0.2, 0) is 5.41 Å². The van der Waals surface area contributed by atoms with E-state index in [-0.39, 0.29) is 5.41 Å². The minimum Gasteiger partial charge on any atom is -0.456 e. The van der Waals surface area contributed by atoms with E-state index in [2.05, 4.69) is 266 Å². The normalized spacial score (nSPS) is 12.9. The Morgan fingerprint density at radius 3 is 1.35 bits per heavy atom. The molecule has 0 spiro atoms. The SMILES string of the molecule is CC1(C)c2cc(N(c3ccc4ccccc4c3)c3ccc4oc5ccccc5c4c3)ccc2-c2c(-c3ccccc3)c3ccc(N(c4ccc5ccccc5c4)c4ccc5oc6ccccc6c5c4)cc3c3cccc1c23. The highest BCUT2D eigenvalue weighted by atomic mass is 16.3. The molecular formula is C73H48N2O2. The lowest BCUT2D eigenvalue weighted by Gasteiger charge is -2.38. The lowest BCUT2D eigenvalue weighted by molar-refractivity contribution is 0.645. The van der Waals surface area contributed by atoms with Gasteiger partial charge < -0.3 is 18.6 Å². The van der Waals surface area contributed by atoms with Crippen molar-refractivity contribution in [1.82, 2.24) is 0 Å². The monoisotopic (exact) mass is 984 g/mol. The molecule has 0 unspecified atom stereocenters. The van der Waals surface area contributed by atoms with Crippen LogP contribution in [0.3, 0.4) is 0 Å². The van der Waals surface area contributed by atoms with Gasteiger partial charge in [0, 0.05) is 61.1 Å². The predicted octanol–water partition coefficient (Wildman–Crippen LogP) is 21.0. The molecule has 13 aromatic carbocycles. The predicted molar refractivity (Wildman–Crippen MR) is 323 cm³/mol. The van der Waals surface area contributed by atoms with E-state index in [0.29, 0.717) is 0 Å². The topological polar surface area (TPSA) is 32.8 Å². The highest BCUT2D eigenvalue weighted by molar-refractivity contribution is 6.24. The van der Waals surface area contributed by atoms with Crippen molar-refractivity contribution in [2.24, 2.45) is 0 Å². The lowest BCUT2D eigenvalue weighted by Crippen LogP contribution is -2.24. The molecule has 0 saturated heterocycles. The maximum Gasteiger partial charge on any atom is 0.135 e. The number of fused-ring (bicyclic) bond motifs is 12. The van der Waals surface area contributed by atoms with E-state index < -0.39 is 0 Å². The van der Waals surface area contributed by atoms with Gasteiger partial charge in [0.1, 0.15) is 22.3 Å². The molecule has 0 fully saturated rings. The zero-order chi connectivity index (χ0) is 50.9. The van der Waals surface area contributed by atoms with Gasteiger partial charge in [-0.3, -0.25) is 0 Å². The zero-order valence-corrected chi connectivity index (χ0v) is 42.5. The number of furan rings is 2. The number of rotatable bonds is 7. The number of nitrogens with zero attached hydrogens (tertiary/aromatic N) is 2. The zero-order valence-electron chi connectivity index (χ0n) is 42.5. The van der Waals surface area contributed by atoms with Crippen LogP contribution in [0, 0.1) is 0 Å². The number of benzene rings is 13. The van der Waals surface area contributed by atoms with Crippen LogP contribution in [0.5, 0.6) is 0 Å². The Bertz CT molecular complexity index is 4930. The molecule has 2 aromatic heterocycles. The van der Waals surface area contributed by atoms with E-state index in [4.69, 9.17) is 8.83 Å². The average molecular weight is 985 g/mol.